The lowest BCUT2D eigenvalue weighted by Gasteiger charge is -2.19. The largest absolute Gasteiger partial charge is 0.386 e. The lowest BCUT2D eigenvalue weighted by atomic mass is 10.0. The highest BCUT2D eigenvalue weighted by Crippen LogP contribution is 2.34. The number of anilines is 1. The molecule has 4 aromatic rings. The van der Waals surface area contributed by atoms with E-state index >= 15 is 8.78 Å². The van der Waals surface area contributed by atoms with Gasteiger partial charge in [0, 0.05) is 12.1 Å². The van der Waals surface area contributed by atoms with Crippen LogP contribution in [0.4, 0.5) is 14.6 Å². The van der Waals surface area contributed by atoms with Crippen molar-refractivity contribution < 1.29 is 18.7 Å². The van der Waals surface area contributed by atoms with Crippen molar-refractivity contribution in [2.75, 3.05) is 5.32 Å². The van der Waals surface area contributed by atoms with Crippen LogP contribution in [0.5, 0.6) is 0 Å². The number of amides is 1. The zero-order chi connectivity index (χ0) is 22.0. The number of nitrogens with one attached hydrogen (secondary N) is 1. The average Bonchev–Trinajstić information content (AvgIpc) is 3.34. The van der Waals surface area contributed by atoms with E-state index in [9.17, 15) is 9.90 Å². The van der Waals surface area contributed by atoms with E-state index < -0.39 is 23.0 Å². The highest BCUT2D eigenvalue weighted by molar-refractivity contribution is 5.93. The van der Waals surface area contributed by atoms with Gasteiger partial charge in [0.2, 0.25) is 11.7 Å². The van der Waals surface area contributed by atoms with Crippen molar-refractivity contribution in [2.24, 2.45) is 5.92 Å². The number of imidazole rings is 1. The third kappa shape index (κ3) is 3.40. The van der Waals surface area contributed by atoms with Crippen molar-refractivity contribution >= 4 is 23.0 Å². The Morgan fingerprint density at radius 2 is 1.87 bits per heavy atom. The molecule has 31 heavy (non-hydrogen) atoms. The lowest BCUT2D eigenvalue weighted by Crippen LogP contribution is -2.23. The van der Waals surface area contributed by atoms with Gasteiger partial charge in [0.1, 0.15) is 5.69 Å². The molecule has 0 saturated heterocycles. The van der Waals surface area contributed by atoms with Crippen LogP contribution < -0.4 is 5.32 Å². The molecular weight excluding hydrogens is 408 g/mol. The molecule has 0 unspecified atom stereocenters. The summed E-state index contributed by atoms with van der Waals surface area (Å²) in [6.45, 7) is 3.12. The van der Waals surface area contributed by atoms with E-state index in [0.717, 1.165) is 23.3 Å². The Kier molecular flexibility index (Phi) is 4.09. The number of aliphatic hydroxyl groups is 1. The lowest BCUT2D eigenvalue weighted by molar-refractivity contribution is -0.117. The van der Waals surface area contributed by atoms with E-state index in [4.69, 9.17) is 0 Å². The van der Waals surface area contributed by atoms with Gasteiger partial charge in [-0.1, -0.05) is 6.07 Å². The Labute approximate surface area is 174 Å². The Bertz CT molecular complexity index is 1320. The first-order chi connectivity index (χ1) is 14.6. The first kappa shape index (κ1) is 19.5. The van der Waals surface area contributed by atoms with Gasteiger partial charge >= 0.3 is 5.92 Å². The van der Waals surface area contributed by atoms with Crippen LogP contribution in [0, 0.1) is 5.92 Å². The number of fused-ring (bicyclic) bond motifs is 2. The first-order valence-corrected chi connectivity index (χ1v) is 9.76. The third-order valence-corrected chi connectivity index (χ3v) is 5.23. The second-order valence-corrected chi connectivity index (χ2v) is 8.21. The van der Waals surface area contributed by atoms with Gasteiger partial charge in [0.05, 0.1) is 11.8 Å². The molecule has 160 valence electrons. The fourth-order valence-electron chi connectivity index (χ4n) is 3.26. The van der Waals surface area contributed by atoms with Gasteiger partial charge in [-0.05, 0) is 50.5 Å². The summed E-state index contributed by atoms with van der Waals surface area (Å²) >= 11 is 0. The predicted octanol–water partition coefficient (Wildman–Crippen LogP) is 2.49. The quantitative estimate of drug-likeness (QED) is 0.506. The van der Waals surface area contributed by atoms with Gasteiger partial charge in [-0.15, -0.1) is 10.2 Å². The van der Waals surface area contributed by atoms with Crippen molar-refractivity contribution in [3.05, 3.63) is 53.7 Å². The minimum Gasteiger partial charge on any atom is -0.386 e. The molecule has 1 fully saturated rings. The number of nitrogens with zero attached hydrogens (tertiary/aromatic N) is 6. The van der Waals surface area contributed by atoms with Crippen LogP contribution in [0.15, 0.2) is 36.7 Å². The minimum atomic E-state index is -3.58. The summed E-state index contributed by atoms with van der Waals surface area (Å²) in [4.78, 5) is 16.1. The highest BCUT2D eigenvalue weighted by Gasteiger charge is 2.42. The summed E-state index contributed by atoms with van der Waals surface area (Å²) < 4.78 is 33.1. The number of hydrogen-bond donors (Lipinski definition) is 2. The molecule has 5 rings (SSSR count). The zero-order valence-electron chi connectivity index (χ0n) is 16.8. The van der Waals surface area contributed by atoms with E-state index in [-0.39, 0.29) is 23.3 Å². The van der Waals surface area contributed by atoms with E-state index in [1.807, 2.05) is 0 Å². The summed E-state index contributed by atoms with van der Waals surface area (Å²) in [6, 6.07) is 5.69. The molecule has 0 bridgehead atoms. The molecule has 0 aromatic carbocycles. The molecule has 1 aliphatic rings. The number of carbonyl (C=O) groups is 1. The SMILES string of the molecule is CC(C)(O)c1ccc2nnc(C(F)(F)c3ccc4nc(NC(=O)C5CC5)cn4n3)n2c1. The molecule has 0 radical (unpaired) electrons. The van der Waals surface area contributed by atoms with Crippen LogP contribution in [0.1, 0.15) is 43.8 Å². The van der Waals surface area contributed by atoms with Crippen molar-refractivity contribution in [3.8, 4) is 0 Å². The number of hydrogen-bond acceptors (Lipinski definition) is 6. The molecular formula is C20H19F2N7O2. The topological polar surface area (TPSA) is 110 Å². The number of carbonyl (C=O) groups excluding carboxylic acids is 1. The van der Waals surface area contributed by atoms with Crippen molar-refractivity contribution in [2.45, 2.75) is 38.2 Å². The normalized spacial score (nSPS) is 15.0. The van der Waals surface area contributed by atoms with Gasteiger partial charge in [-0.2, -0.15) is 13.9 Å². The molecule has 1 saturated carbocycles. The van der Waals surface area contributed by atoms with Crippen molar-refractivity contribution in [1.29, 1.82) is 0 Å². The summed E-state index contributed by atoms with van der Waals surface area (Å²) in [5.74, 6) is -4.08. The Morgan fingerprint density at radius 3 is 2.58 bits per heavy atom. The molecule has 0 aliphatic heterocycles. The van der Waals surface area contributed by atoms with Crippen LogP contribution >= 0.6 is 0 Å². The standard InChI is InChI=1S/C20H19F2N7O2/c1-19(2,31)12-5-7-16-25-26-18(28(16)9-12)20(21,22)13-6-8-15-23-14(10-29(15)27-13)24-17(30)11-3-4-11/h5-11,31H,3-4H2,1-2H3,(H,24,30). The fourth-order valence-corrected chi connectivity index (χ4v) is 3.26. The first-order valence-electron chi connectivity index (χ1n) is 9.76. The average molecular weight is 427 g/mol. The fraction of sp³-hybridized carbons (Fsp3) is 0.350. The molecule has 2 N–H and O–H groups in total. The zero-order valence-corrected chi connectivity index (χ0v) is 16.8. The van der Waals surface area contributed by atoms with Crippen LogP contribution in [0.25, 0.3) is 11.3 Å². The number of aromatic nitrogens is 6. The van der Waals surface area contributed by atoms with Crippen molar-refractivity contribution in [3.63, 3.8) is 0 Å². The van der Waals surface area contributed by atoms with Crippen LogP contribution in [-0.2, 0) is 16.3 Å². The van der Waals surface area contributed by atoms with Gasteiger partial charge < -0.3 is 10.4 Å². The molecule has 9 nitrogen and oxygen atoms in total. The summed E-state index contributed by atoms with van der Waals surface area (Å²) in [5, 5.41) is 24.4. The van der Waals surface area contributed by atoms with Crippen LogP contribution in [-0.4, -0.2) is 40.2 Å². The molecule has 4 aromatic heterocycles. The van der Waals surface area contributed by atoms with Crippen molar-refractivity contribution in [1.82, 2.24) is 29.2 Å². The van der Waals surface area contributed by atoms with Crippen LogP contribution in [0.2, 0.25) is 0 Å². The maximum Gasteiger partial charge on any atom is 0.350 e. The number of rotatable bonds is 5. The van der Waals surface area contributed by atoms with Gasteiger partial charge in [0.15, 0.2) is 17.1 Å². The smallest absolute Gasteiger partial charge is 0.350 e. The number of alkyl halides is 2. The minimum absolute atomic E-state index is 0.00678. The van der Waals surface area contributed by atoms with Gasteiger partial charge in [0.25, 0.3) is 0 Å². The molecule has 0 atom stereocenters. The molecule has 0 spiro atoms. The van der Waals surface area contributed by atoms with Gasteiger partial charge in [-0.25, -0.2) is 9.50 Å². The maximum absolute atomic E-state index is 15.4. The Morgan fingerprint density at radius 1 is 1.13 bits per heavy atom. The summed E-state index contributed by atoms with van der Waals surface area (Å²) in [5.41, 5.74) is -0.802. The van der Waals surface area contributed by atoms with Crippen LogP contribution in [0.3, 0.4) is 0 Å². The Hall–Kier alpha value is -3.47. The number of pyridine rings is 1. The van der Waals surface area contributed by atoms with Gasteiger partial charge in [-0.3, -0.25) is 9.20 Å². The predicted molar refractivity (Wildman–Crippen MR) is 106 cm³/mol. The molecule has 1 aliphatic carbocycles. The Balaban J connectivity index is 1.53. The monoisotopic (exact) mass is 427 g/mol. The number of halogens is 2. The molecule has 11 heteroatoms. The van der Waals surface area contributed by atoms with E-state index in [1.165, 1.54) is 29.0 Å². The maximum atomic E-state index is 15.4. The van der Waals surface area contributed by atoms with E-state index in [0.29, 0.717) is 11.2 Å². The second kappa shape index (κ2) is 6.51. The second-order valence-electron chi connectivity index (χ2n) is 8.21. The summed E-state index contributed by atoms with van der Waals surface area (Å²) in [7, 11) is 0. The van der Waals surface area contributed by atoms with E-state index in [2.05, 4.69) is 25.6 Å². The summed E-state index contributed by atoms with van der Waals surface area (Å²) in [6.07, 6.45) is 4.47. The molecule has 4 heterocycles. The third-order valence-electron chi connectivity index (χ3n) is 5.23. The molecule has 1 amide bonds. The van der Waals surface area contributed by atoms with E-state index in [1.54, 1.807) is 19.9 Å². The highest BCUT2D eigenvalue weighted by atomic mass is 19.3.